The van der Waals surface area contributed by atoms with E-state index in [9.17, 15) is 9.59 Å². The molecule has 1 aliphatic rings. The fraction of sp³-hybridized carbons (Fsp3) is 0.333. The maximum atomic E-state index is 11.9. The molecule has 0 aliphatic heterocycles. The van der Waals surface area contributed by atoms with Crippen LogP contribution in [0.1, 0.15) is 31.4 Å². The van der Waals surface area contributed by atoms with Crippen LogP contribution in [0.4, 0.5) is 0 Å². The summed E-state index contributed by atoms with van der Waals surface area (Å²) in [5, 5.41) is 5.15. The van der Waals surface area contributed by atoms with Crippen molar-refractivity contribution in [2.75, 3.05) is 6.61 Å². The molecule has 1 aliphatic carbocycles. The summed E-state index contributed by atoms with van der Waals surface area (Å²) in [6.45, 7) is 1.73. The number of benzene rings is 2. The number of hydrogen-bond donors (Lipinski definition) is 1. The van der Waals surface area contributed by atoms with Crippen molar-refractivity contribution in [1.29, 1.82) is 0 Å². The van der Waals surface area contributed by atoms with E-state index in [0.717, 1.165) is 29.2 Å². The van der Waals surface area contributed by atoms with Gasteiger partial charge >= 0.3 is 5.97 Å². The minimum Gasteiger partial charge on any atom is -0.455 e. The topological polar surface area (TPSA) is 55.4 Å². The largest absolute Gasteiger partial charge is 0.455 e. The Labute approximate surface area is 129 Å². The molecule has 1 atom stereocenters. The van der Waals surface area contributed by atoms with Gasteiger partial charge in [-0.3, -0.25) is 9.59 Å². The molecule has 1 N–H and O–H groups in total. The summed E-state index contributed by atoms with van der Waals surface area (Å²) in [5.41, 5.74) is 1.06. The molecule has 2 aromatic rings. The zero-order valence-corrected chi connectivity index (χ0v) is 12.5. The molecule has 0 unspecified atom stereocenters. The highest BCUT2D eigenvalue weighted by Gasteiger charge is 2.31. The maximum absolute atomic E-state index is 11.9. The summed E-state index contributed by atoms with van der Waals surface area (Å²) >= 11 is 0. The number of fused-ring (bicyclic) bond motifs is 1. The van der Waals surface area contributed by atoms with Gasteiger partial charge < -0.3 is 10.1 Å². The quantitative estimate of drug-likeness (QED) is 0.863. The van der Waals surface area contributed by atoms with Gasteiger partial charge in [0.05, 0.1) is 12.0 Å². The van der Waals surface area contributed by atoms with Gasteiger partial charge in [0.2, 0.25) is 0 Å². The lowest BCUT2D eigenvalue weighted by molar-refractivity contribution is -0.149. The van der Waals surface area contributed by atoms with Crippen molar-refractivity contribution in [2.24, 2.45) is 5.92 Å². The zero-order chi connectivity index (χ0) is 15.5. The van der Waals surface area contributed by atoms with Crippen molar-refractivity contribution in [2.45, 2.75) is 25.8 Å². The number of ether oxygens (including phenoxy) is 1. The molecule has 4 nitrogen and oxygen atoms in total. The molecule has 4 heteroatoms. The van der Waals surface area contributed by atoms with Crippen LogP contribution in [0, 0.1) is 5.92 Å². The number of esters is 1. The van der Waals surface area contributed by atoms with Gasteiger partial charge in [0, 0.05) is 0 Å². The molecule has 22 heavy (non-hydrogen) atoms. The number of hydrogen-bond acceptors (Lipinski definition) is 3. The molecule has 1 amide bonds. The van der Waals surface area contributed by atoms with Gasteiger partial charge in [-0.05, 0) is 36.1 Å². The van der Waals surface area contributed by atoms with E-state index in [2.05, 4.69) is 5.32 Å². The third-order valence-corrected chi connectivity index (χ3v) is 3.92. The van der Waals surface area contributed by atoms with Crippen molar-refractivity contribution in [3.8, 4) is 0 Å². The van der Waals surface area contributed by atoms with Gasteiger partial charge in [-0.15, -0.1) is 0 Å². The predicted molar refractivity (Wildman–Crippen MR) is 84.2 cm³/mol. The molecule has 0 heterocycles. The number of nitrogens with one attached hydrogen (secondary N) is 1. The molecule has 1 saturated carbocycles. The van der Waals surface area contributed by atoms with Crippen LogP contribution in [0.3, 0.4) is 0 Å². The van der Waals surface area contributed by atoms with Crippen LogP contribution in [0.2, 0.25) is 0 Å². The van der Waals surface area contributed by atoms with Crippen molar-refractivity contribution in [1.82, 2.24) is 5.32 Å². The molecule has 0 radical (unpaired) electrons. The number of amides is 1. The van der Waals surface area contributed by atoms with E-state index in [4.69, 9.17) is 4.74 Å². The minimum absolute atomic E-state index is 0.0169. The lowest BCUT2D eigenvalue weighted by Crippen LogP contribution is -2.31. The summed E-state index contributed by atoms with van der Waals surface area (Å²) in [6.07, 6.45) is 1.76. The molecular formula is C18H19NO3. The average Bonchev–Trinajstić information content (AvgIpc) is 3.37. The minimum atomic E-state index is -0.269. The first kappa shape index (κ1) is 14.6. The van der Waals surface area contributed by atoms with Crippen LogP contribution < -0.4 is 5.32 Å². The second kappa shape index (κ2) is 6.18. The second-order valence-electron chi connectivity index (χ2n) is 5.74. The first-order chi connectivity index (χ1) is 10.6. The molecule has 0 saturated heterocycles. The molecular weight excluding hydrogens is 278 g/mol. The summed E-state index contributed by atoms with van der Waals surface area (Å²) in [7, 11) is 0. The van der Waals surface area contributed by atoms with E-state index < -0.39 is 0 Å². The third kappa shape index (κ3) is 3.27. The Hall–Kier alpha value is -2.36. The molecule has 114 valence electrons. The Morgan fingerprint density at radius 2 is 1.91 bits per heavy atom. The molecule has 0 aromatic heterocycles. The number of carbonyl (C=O) groups excluding carboxylic acids is 2. The van der Waals surface area contributed by atoms with Gasteiger partial charge in [0.15, 0.2) is 6.61 Å². The summed E-state index contributed by atoms with van der Waals surface area (Å²) in [4.78, 5) is 23.4. The van der Waals surface area contributed by atoms with Crippen molar-refractivity contribution < 1.29 is 14.3 Å². The summed E-state index contributed by atoms with van der Waals surface area (Å²) < 4.78 is 5.00. The van der Waals surface area contributed by atoms with Crippen molar-refractivity contribution >= 4 is 22.6 Å². The summed E-state index contributed by atoms with van der Waals surface area (Å²) in [5.74, 6) is -0.509. The second-order valence-corrected chi connectivity index (χ2v) is 5.74. The van der Waals surface area contributed by atoms with E-state index in [1.807, 2.05) is 49.4 Å². The van der Waals surface area contributed by atoms with E-state index in [1.165, 1.54) is 0 Å². The standard InChI is InChI=1S/C18H19NO3/c1-12(19-17(20)11-22-18(21)14-9-10-14)15-8-4-6-13-5-2-3-7-16(13)15/h2-8,12,14H,9-11H2,1H3,(H,19,20)/t12-/m0/s1. The smallest absolute Gasteiger partial charge is 0.309 e. The molecule has 0 spiro atoms. The highest BCUT2D eigenvalue weighted by molar-refractivity contribution is 5.87. The highest BCUT2D eigenvalue weighted by atomic mass is 16.5. The fourth-order valence-electron chi connectivity index (χ4n) is 2.56. The van der Waals surface area contributed by atoms with E-state index in [1.54, 1.807) is 0 Å². The first-order valence-electron chi connectivity index (χ1n) is 7.59. The van der Waals surface area contributed by atoms with Crippen LogP contribution in [0.25, 0.3) is 10.8 Å². The highest BCUT2D eigenvalue weighted by Crippen LogP contribution is 2.30. The van der Waals surface area contributed by atoms with Crippen LogP contribution in [-0.4, -0.2) is 18.5 Å². The summed E-state index contributed by atoms with van der Waals surface area (Å²) in [6, 6.07) is 14.0. The van der Waals surface area contributed by atoms with Crippen molar-refractivity contribution in [3.05, 3.63) is 48.0 Å². The molecule has 2 aromatic carbocycles. The molecule has 3 rings (SSSR count). The van der Waals surface area contributed by atoms with Crippen LogP contribution >= 0.6 is 0 Å². The third-order valence-electron chi connectivity index (χ3n) is 3.92. The van der Waals surface area contributed by atoms with Gasteiger partial charge in [0.25, 0.3) is 5.91 Å². The predicted octanol–water partition coefficient (Wildman–Crippen LogP) is 2.97. The normalized spacial score (nSPS) is 15.3. The lowest BCUT2D eigenvalue weighted by Gasteiger charge is -2.16. The first-order valence-corrected chi connectivity index (χ1v) is 7.59. The van der Waals surface area contributed by atoms with E-state index >= 15 is 0 Å². The van der Waals surface area contributed by atoms with E-state index in [-0.39, 0.29) is 30.4 Å². The van der Waals surface area contributed by atoms with Gasteiger partial charge in [0.1, 0.15) is 0 Å². The average molecular weight is 297 g/mol. The Kier molecular flexibility index (Phi) is 4.09. The Bertz CT molecular complexity index is 701. The monoisotopic (exact) mass is 297 g/mol. The molecule has 0 bridgehead atoms. The lowest BCUT2D eigenvalue weighted by atomic mass is 10.00. The SMILES string of the molecule is C[C@H](NC(=O)COC(=O)C1CC1)c1cccc2ccccc12. The van der Waals surface area contributed by atoms with Crippen LogP contribution in [0.15, 0.2) is 42.5 Å². The van der Waals surface area contributed by atoms with E-state index in [0.29, 0.717) is 0 Å². The van der Waals surface area contributed by atoms with Gasteiger partial charge in [-0.1, -0.05) is 42.5 Å². The van der Waals surface area contributed by atoms with Gasteiger partial charge in [-0.25, -0.2) is 0 Å². The Morgan fingerprint density at radius 3 is 2.68 bits per heavy atom. The van der Waals surface area contributed by atoms with Crippen LogP contribution in [0.5, 0.6) is 0 Å². The Morgan fingerprint density at radius 1 is 1.18 bits per heavy atom. The van der Waals surface area contributed by atoms with Crippen molar-refractivity contribution in [3.63, 3.8) is 0 Å². The maximum Gasteiger partial charge on any atom is 0.309 e. The number of carbonyl (C=O) groups is 2. The van der Waals surface area contributed by atoms with Gasteiger partial charge in [-0.2, -0.15) is 0 Å². The number of rotatable bonds is 5. The molecule has 1 fully saturated rings. The Balaban J connectivity index is 1.63. The fourth-order valence-corrected chi connectivity index (χ4v) is 2.56. The van der Waals surface area contributed by atoms with Crippen LogP contribution in [-0.2, 0) is 14.3 Å². The zero-order valence-electron chi connectivity index (χ0n) is 12.5.